The van der Waals surface area contributed by atoms with Crippen molar-refractivity contribution >= 4 is 22.6 Å². The predicted molar refractivity (Wildman–Crippen MR) is 99.1 cm³/mol. The Bertz CT molecular complexity index is 285. The highest BCUT2D eigenvalue weighted by Gasteiger charge is 2.24. The smallest absolute Gasteiger partial charge is 0.0673 e. The van der Waals surface area contributed by atoms with Crippen LogP contribution in [0.25, 0.3) is 0 Å². The Hall–Kier alpha value is 0.350. The molecular weight excluding hydrogens is 361 g/mol. The SMILES string of the molecule is CN[C@@H](C)NNC(C)(C)CC(C)C(I)CCC=C(C)C. The Morgan fingerprint density at radius 3 is 2.35 bits per heavy atom. The lowest BCUT2D eigenvalue weighted by atomic mass is 9.89. The van der Waals surface area contributed by atoms with Crippen LogP contribution in [0, 0.1) is 5.92 Å². The van der Waals surface area contributed by atoms with Gasteiger partial charge in [-0.3, -0.25) is 5.43 Å². The second kappa shape index (κ2) is 10.1. The van der Waals surface area contributed by atoms with Crippen molar-refractivity contribution in [3.8, 4) is 0 Å². The van der Waals surface area contributed by atoms with Gasteiger partial charge in [0.2, 0.25) is 0 Å². The number of rotatable bonds is 10. The van der Waals surface area contributed by atoms with Gasteiger partial charge >= 0.3 is 0 Å². The van der Waals surface area contributed by atoms with Crippen LogP contribution in [-0.4, -0.2) is 22.7 Å². The number of nitrogens with one attached hydrogen (secondary N) is 3. The van der Waals surface area contributed by atoms with Gasteiger partial charge in [0, 0.05) is 9.46 Å². The summed E-state index contributed by atoms with van der Waals surface area (Å²) in [6.45, 7) is 13.3. The fraction of sp³-hybridized carbons (Fsp3) is 0.875. The van der Waals surface area contributed by atoms with Crippen molar-refractivity contribution in [3.05, 3.63) is 11.6 Å². The number of alkyl halides is 1. The molecule has 2 unspecified atom stereocenters. The number of hydrogen-bond acceptors (Lipinski definition) is 3. The van der Waals surface area contributed by atoms with Crippen molar-refractivity contribution in [2.75, 3.05) is 7.05 Å². The molecule has 0 fully saturated rings. The maximum atomic E-state index is 3.44. The summed E-state index contributed by atoms with van der Waals surface area (Å²) in [7, 11) is 1.96. The molecule has 120 valence electrons. The van der Waals surface area contributed by atoms with E-state index in [1.54, 1.807) is 0 Å². The molecule has 0 aromatic rings. The van der Waals surface area contributed by atoms with Gasteiger partial charge in [-0.05, 0) is 66.8 Å². The van der Waals surface area contributed by atoms with Crippen LogP contribution in [0.5, 0.6) is 0 Å². The second-order valence-corrected chi connectivity index (χ2v) is 8.32. The molecule has 0 aliphatic carbocycles. The topological polar surface area (TPSA) is 36.1 Å². The van der Waals surface area contributed by atoms with Crippen LogP contribution in [0.1, 0.15) is 60.8 Å². The van der Waals surface area contributed by atoms with Gasteiger partial charge < -0.3 is 5.32 Å². The maximum absolute atomic E-state index is 3.44. The molecule has 4 heteroatoms. The Labute approximate surface area is 139 Å². The predicted octanol–water partition coefficient (Wildman–Crippen LogP) is 4.00. The zero-order chi connectivity index (χ0) is 15.8. The van der Waals surface area contributed by atoms with Crippen molar-refractivity contribution in [2.24, 2.45) is 5.92 Å². The van der Waals surface area contributed by atoms with Gasteiger partial charge in [-0.2, -0.15) is 0 Å². The van der Waals surface area contributed by atoms with E-state index in [4.69, 9.17) is 0 Å². The van der Waals surface area contributed by atoms with E-state index >= 15 is 0 Å². The Kier molecular flexibility index (Phi) is 10.3. The minimum Gasteiger partial charge on any atom is -0.304 e. The lowest BCUT2D eigenvalue weighted by Crippen LogP contribution is -2.55. The first-order valence-electron chi connectivity index (χ1n) is 7.65. The van der Waals surface area contributed by atoms with Crippen LogP contribution < -0.4 is 16.2 Å². The quantitative estimate of drug-likeness (QED) is 0.172. The molecule has 0 radical (unpaired) electrons. The molecule has 0 heterocycles. The minimum absolute atomic E-state index is 0.102. The number of hydrazine groups is 1. The molecular formula is C16H34IN3. The van der Waals surface area contributed by atoms with Crippen molar-refractivity contribution in [3.63, 3.8) is 0 Å². The first kappa shape index (κ1) is 20.3. The molecule has 0 aromatic carbocycles. The summed E-state index contributed by atoms with van der Waals surface area (Å²) >= 11 is 2.61. The summed E-state index contributed by atoms with van der Waals surface area (Å²) in [4.78, 5) is 0. The summed E-state index contributed by atoms with van der Waals surface area (Å²) < 4.78 is 0.728. The third kappa shape index (κ3) is 10.1. The lowest BCUT2D eigenvalue weighted by Gasteiger charge is -2.33. The summed E-state index contributed by atoms with van der Waals surface area (Å²) in [6, 6.07) is 0. The first-order chi connectivity index (χ1) is 9.18. The molecule has 20 heavy (non-hydrogen) atoms. The minimum atomic E-state index is 0.102. The Balaban J connectivity index is 4.14. The maximum Gasteiger partial charge on any atom is 0.0673 e. The van der Waals surface area contributed by atoms with Crippen LogP contribution in [-0.2, 0) is 0 Å². The van der Waals surface area contributed by atoms with Crippen molar-refractivity contribution < 1.29 is 0 Å². The second-order valence-electron chi connectivity index (χ2n) is 6.72. The van der Waals surface area contributed by atoms with Gasteiger partial charge in [-0.25, -0.2) is 5.43 Å². The summed E-state index contributed by atoms with van der Waals surface area (Å²) in [6.07, 6.45) is 6.25. The van der Waals surface area contributed by atoms with E-state index in [1.807, 2.05) is 7.05 Å². The Morgan fingerprint density at radius 1 is 1.25 bits per heavy atom. The molecule has 3 N–H and O–H groups in total. The molecule has 0 amide bonds. The van der Waals surface area contributed by atoms with Gasteiger partial charge in [-0.1, -0.05) is 41.2 Å². The van der Waals surface area contributed by atoms with E-state index in [0.717, 1.165) is 3.92 Å². The average molecular weight is 395 g/mol. The van der Waals surface area contributed by atoms with E-state index in [2.05, 4.69) is 86.4 Å². The van der Waals surface area contributed by atoms with Gasteiger partial charge in [-0.15, -0.1) is 0 Å². The molecule has 0 aromatic heterocycles. The summed E-state index contributed by atoms with van der Waals surface area (Å²) in [5.41, 5.74) is 8.27. The van der Waals surface area contributed by atoms with Gasteiger partial charge in [0.1, 0.15) is 0 Å². The van der Waals surface area contributed by atoms with Crippen LogP contribution >= 0.6 is 22.6 Å². The van der Waals surface area contributed by atoms with Gasteiger partial charge in [0.05, 0.1) is 6.17 Å². The highest BCUT2D eigenvalue weighted by Crippen LogP contribution is 2.26. The standard InChI is InChI=1S/C16H34IN3/c1-12(2)9-8-10-15(17)13(3)11-16(5,6)20-19-14(4)18-7/h9,13-15,18-20H,8,10-11H2,1-7H3/t13?,14-,15?/m1/s1. The highest BCUT2D eigenvalue weighted by atomic mass is 127. The molecule has 0 saturated carbocycles. The number of hydrogen-bond donors (Lipinski definition) is 3. The van der Waals surface area contributed by atoms with Gasteiger partial charge in [0.15, 0.2) is 0 Å². The van der Waals surface area contributed by atoms with Crippen LogP contribution in [0.2, 0.25) is 0 Å². The molecule has 3 atom stereocenters. The third-order valence-electron chi connectivity index (χ3n) is 3.50. The number of halogens is 1. The third-order valence-corrected chi connectivity index (χ3v) is 5.36. The molecule has 0 bridgehead atoms. The van der Waals surface area contributed by atoms with E-state index in [0.29, 0.717) is 5.92 Å². The zero-order valence-electron chi connectivity index (χ0n) is 14.3. The highest BCUT2D eigenvalue weighted by molar-refractivity contribution is 14.1. The molecule has 0 saturated heterocycles. The Morgan fingerprint density at radius 2 is 1.85 bits per heavy atom. The van der Waals surface area contributed by atoms with E-state index < -0.39 is 0 Å². The van der Waals surface area contributed by atoms with Crippen molar-refractivity contribution in [2.45, 2.75) is 76.4 Å². The van der Waals surface area contributed by atoms with Crippen molar-refractivity contribution in [1.82, 2.24) is 16.2 Å². The molecule has 0 spiro atoms. The fourth-order valence-electron chi connectivity index (χ4n) is 2.18. The first-order valence-corrected chi connectivity index (χ1v) is 8.90. The number of allylic oxidation sites excluding steroid dienone is 2. The van der Waals surface area contributed by atoms with Crippen LogP contribution in [0.15, 0.2) is 11.6 Å². The lowest BCUT2D eigenvalue weighted by molar-refractivity contribution is 0.244. The fourth-order valence-corrected chi connectivity index (χ4v) is 2.79. The summed E-state index contributed by atoms with van der Waals surface area (Å²) in [5.74, 6) is 0.704. The van der Waals surface area contributed by atoms with Crippen molar-refractivity contribution in [1.29, 1.82) is 0 Å². The zero-order valence-corrected chi connectivity index (χ0v) is 16.5. The van der Waals surface area contributed by atoms with Crippen LogP contribution in [0.3, 0.4) is 0 Å². The van der Waals surface area contributed by atoms with E-state index in [-0.39, 0.29) is 11.7 Å². The largest absolute Gasteiger partial charge is 0.304 e. The van der Waals surface area contributed by atoms with Gasteiger partial charge in [0.25, 0.3) is 0 Å². The van der Waals surface area contributed by atoms with E-state index in [9.17, 15) is 0 Å². The molecule has 3 nitrogen and oxygen atoms in total. The van der Waals surface area contributed by atoms with E-state index in [1.165, 1.54) is 24.8 Å². The molecule has 0 aliphatic heterocycles. The monoisotopic (exact) mass is 395 g/mol. The summed E-state index contributed by atoms with van der Waals surface area (Å²) in [5, 5.41) is 3.17. The average Bonchev–Trinajstić information content (AvgIpc) is 2.34. The molecule has 0 rings (SSSR count). The van der Waals surface area contributed by atoms with Crippen LogP contribution in [0.4, 0.5) is 0 Å². The normalized spacial score (nSPS) is 16.6. The molecule has 0 aliphatic rings.